The number of nitrogens with one attached hydrogen (secondary N) is 1. The summed E-state index contributed by atoms with van der Waals surface area (Å²) in [5, 5.41) is 7.06. The van der Waals surface area contributed by atoms with Gasteiger partial charge in [0.1, 0.15) is 6.04 Å². The first-order valence-electron chi connectivity index (χ1n) is 6.24. The smallest absolute Gasteiger partial charge is 0.244 e. The number of ether oxygens (including phenoxy) is 1. The van der Waals surface area contributed by atoms with Gasteiger partial charge < -0.3 is 10.1 Å². The molecular weight excluding hydrogens is 298 g/mol. The predicted octanol–water partition coefficient (Wildman–Crippen LogP) is 2.14. The maximum atomic E-state index is 12.0. The quantitative estimate of drug-likeness (QED) is 0.747. The van der Waals surface area contributed by atoms with Crippen molar-refractivity contribution < 1.29 is 9.53 Å². The molecule has 1 unspecified atom stereocenters. The molecule has 102 valence electrons. The Morgan fingerprint density at radius 3 is 2.94 bits per heavy atom. The molecule has 0 spiro atoms. The van der Waals surface area contributed by atoms with Gasteiger partial charge in [0.05, 0.1) is 10.7 Å². The van der Waals surface area contributed by atoms with Crippen molar-refractivity contribution >= 4 is 21.8 Å². The van der Waals surface area contributed by atoms with Crippen LogP contribution in [0.2, 0.25) is 0 Å². The first-order chi connectivity index (χ1) is 8.69. The van der Waals surface area contributed by atoms with E-state index in [0.29, 0.717) is 26.2 Å². The highest BCUT2D eigenvalue weighted by Gasteiger charge is 2.18. The molecule has 0 saturated heterocycles. The standard InChI is InChI=1S/C12H20BrN3O2/c1-3-11(16-9-10(13)8-15-16)12(17)14-6-5-7-18-4-2/h8-9,11H,3-7H2,1-2H3,(H,14,17). The lowest BCUT2D eigenvalue weighted by Gasteiger charge is -2.15. The molecule has 0 aliphatic carbocycles. The second kappa shape index (κ2) is 8.26. The van der Waals surface area contributed by atoms with Crippen LogP contribution in [-0.4, -0.2) is 35.4 Å². The molecule has 6 heteroatoms. The Hall–Kier alpha value is -0.880. The largest absolute Gasteiger partial charge is 0.382 e. The van der Waals surface area contributed by atoms with Gasteiger partial charge in [-0.05, 0) is 35.7 Å². The van der Waals surface area contributed by atoms with E-state index in [4.69, 9.17) is 4.74 Å². The fourth-order valence-corrected chi connectivity index (χ4v) is 1.93. The van der Waals surface area contributed by atoms with Crippen LogP contribution < -0.4 is 5.32 Å². The highest BCUT2D eigenvalue weighted by molar-refractivity contribution is 9.10. The monoisotopic (exact) mass is 317 g/mol. The maximum absolute atomic E-state index is 12.0. The molecule has 0 aliphatic rings. The Labute approximate surface area is 116 Å². The molecule has 5 nitrogen and oxygen atoms in total. The van der Waals surface area contributed by atoms with Crippen molar-refractivity contribution in [2.75, 3.05) is 19.8 Å². The number of rotatable bonds is 8. The minimum absolute atomic E-state index is 0.00426. The number of amides is 1. The van der Waals surface area contributed by atoms with Crippen molar-refractivity contribution in [1.82, 2.24) is 15.1 Å². The fraction of sp³-hybridized carbons (Fsp3) is 0.667. The Bertz CT molecular complexity index is 368. The third-order valence-corrected chi connectivity index (χ3v) is 2.96. The molecule has 0 radical (unpaired) electrons. The molecule has 0 aromatic carbocycles. The molecule has 1 atom stereocenters. The highest BCUT2D eigenvalue weighted by atomic mass is 79.9. The van der Waals surface area contributed by atoms with E-state index in [1.54, 1.807) is 10.9 Å². The number of carbonyl (C=O) groups is 1. The number of hydrogen-bond donors (Lipinski definition) is 1. The zero-order valence-corrected chi connectivity index (χ0v) is 12.4. The zero-order valence-electron chi connectivity index (χ0n) is 10.9. The molecule has 0 aliphatic heterocycles. The predicted molar refractivity (Wildman–Crippen MR) is 73.4 cm³/mol. The normalized spacial score (nSPS) is 12.4. The molecule has 1 N–H and O–H groups in total. The van der Waals surface area contributed by atoms with Crippen molar-refractivity contribution in [2.45, 2.75) is 32.7 Å². The van der Waals surface area contributed by atoms with E-state index in [2.05, 4.69) is 26.3 Å². The molecule has 0 saturated carbocycles. The van der Waals surface area contributed by atoms with Gasteiger partial charge in [0.15, 0.2) is 0 Å². The number of hydrogen-bond acceptors (Lipinski definition) is 3. The topological polar surface area (TPSA) is 56.1 Å². The van der Waals surface area contributed by atoms with Gasteiger partial charge in [-0.2, -0.15) is 5.10 Å². The lowest BCUT2D eigenvalue weighted by Crippen LogP contribution is -2.33. The van der Waals surface area contributed by atoms with Gasteiger partial charge in [-0.1, -0.05) is 6.92 Å². The van der Waals surface area contributed by atoms with E-state index in [1.165, 1.54) is 0 Å². The van der Waals surface area contributed by atoms with Gasteiger partial charge >= 0.3 is 0 Å². The Morgan fingerprint density at radius 2 is 2.39 bits per heavy atom. The molecule has 18 heavy (non-hydrogen) atoms. The van der Waals surface area contributed by atoms with Gasteiger partial charge in [0.25, 0.3) is 0 Å². The summed E-state index contributed by atoms with van der Waals surface area (Å²) in [5.41, 5.74) is 0. The molecule has 1 rings (SSSR count). The van der Waals surface area contributed by atoms with Crippen LogP contribution in [0.3, 0.4) is 0 Å². The van der Waals surface area contributed by atoms with E-state index in [-0.39, 0.29) is 11.9 Å². The lowest BCUT2D eigenvalue weighted by molar-refractivity contribution is -0.124. The summed E-state index contributed by atoms with van der Waals surface area (Å²) in [7, 11) is 0. The SMILES string of the molecule is CCOCCCNC(=O)C(CC)n1cc(Br)cn1. The van der Waals surface area contributed by atoms with E-state index in [0.717, 1.165) is 10.9 Å². The zero-order chi connectivity index (χ0) is 13.4. The van der Waals surface area contributed by atoms with Gasteiger partial charge in [-0.3, -0.25) is 9.48 Å². The summed E-state index contributed by atoms with van der Waals surface area (Å²) in [4.78, 5) is 12.0. The van der Waals surface area contributed by atoms with E-state index in [9.17, 15) is 4.79 Å². The summed E-state index contributed by atoms with van der Waals surface area (Å²) in [5.74, 6) is 0.00426. The van der Waals surface area contributed by atoms with E-state index in [1.807, 2.05) is 20.0 Å². The van der Waals surface area contributed by atoms with Crippen LogP contribution in [0, 0.1) is 0 Å². The Morgan fingerprint density at radius 1 is 1.61 bits per heavy atom. The third kappa shape index (κ3) is 4.78. The number of halogens is 1. The van der Waals surface area contributed by atoms with Gasteiger partial charge in [0, 0.05) is 26.0 Å². The average molecular weight is 318 g/mol. The summed E-state index contributed by atoms with van der Waals surface area (Å²) < 4.78 is 7.78. The number of nitrogens with zero attached hydrogens (tertiary/aromatic N) is 2. The van der Waals surface area contributed by atoms with Crippen LogP contribution >= 0.6 is 15.9 Å². The second-order valence-electron chi connectivity index (χ2n) is 3.90. The highest BCUT2D eigenvalue weighted by Crippen LogP contribution is 2.14. The molecule has 1 aromatic rings. The molecule has 1 amide bonds. The van der Waals surface area contributed by atoms with Crippen molar-refractivity contribution in [1.29, 1.82) is 0 Å². The minimum atomic E-state index is -0.247. The summed E-state index contributed by atoms with van der Waals surface area (Å²) >= 11 is 3.33. The van der Waals surface area contributed by atoms with Crippen molar-refractivity contribution in [2.24, 2.45) is 0 Å². The molecule has 0 fully saturated rings. The first-order valence-corrected chi connectivity index (χ1v) is 7.03. The average Bonchev–Trinajstić information content (AvgIpc) is 2.76. The molecule has 1 heterocycles. The maximum Gasteiger partial charge on any atom is 0.244 e. The van der Waals surface area contributed by atoms with Crippen LogP contribution in [0.25, 0.3) is 0 Å². The fourth-order valence-electron chi connectivity index (χ4n) is 1.63. The van der Waals surface area contributed by atoms with Gasteiger partial charge in [-0.25, -0.2) is 0 Å². The van der Waals surface area contributed by atoms with Gasteiger partial charge in [0.2, 0.25) is 5.91 Å². The van der Waals surface area contributed by atoms with Crippen molar-refractivity contribution in [3.8, 4) is 0 Å². The second-order valence-corrected chi connectivity index (χ2v) is 4.82. The minimum Gasteiger partial charge on any atom is -0.382 e. The van der Waals surface area contributed by atoms with Crippen LogP contribution in [0.5, 0.6) is 0 Å². The summed E-state index contributed by atoms with van der Waals surface area (Å²) in [6, 6.07) is -0.247. The summed E-state index contributed by atoms with van der Waals surface area (Å²) in [6.45, 7) is 5.97. The Kier molecular flexibility index (Phi) is 6.97. The van der Waals surface area contributed by atoms with E-state index < -0.39 is 0 Å². The van der Waals surface area contributed by atoms with Crippen LogP contribution in [-0.2, 0) is 9.53 Å². The molecular formula is C12H20BrN3O2. The Balaban J connectivity index is 2.38. The van der Waals surface area contributed by atoms with Gasteiger partial charge in [-0.15, -0.1) is 0 Å². The third-order valence-electron chi connectivity index (χ3n) is 2.55. The summed E-state index contributed by atoms with van der Waals surface area (Å²) in [6.07, 6.45) is 5.04. The molecule has 1 aromatic heterocycles. The van der Waals surface area contributed by atoms with Crippen LogP contribution in [0.1, 0.15) is 32.7 Å². The van der Waals surface area contributed by atoms with E-state index >= 15 is 0 Å². The van der Waals surface area contributed by atoms with Crippen molar-refractivity contribution in [3.05, 3.63) is 16.9 Å². The number of aromatic nitrogens is 2. The lowest BCUT2D eigenvalue weighted by atomic mass is 10.2. The van der Waals surface area contributed by atoms with Crippen LogP contribution in [0.15, 0.2) is 16.9 Å². The number of carbonyl (C=O) groups excluding carboxylic acids is 1. The first kappa shape index (κ1) is 15.2. The van der Waals surface area contributed by atoms with Crippen molar-refractivity contribution in [3.63, 3.8) is 0 Å². The molecule has 0 bridgehead atoms. The van der Waals surface area contributed by atoms with Crippen LogP contribution in [0.4, 0.5) is 0 Å².